The highest BCUT2D eigenvalue weighted by molar-refractivity contribution is 5.65. The fourth-order valence-corrected chi connectivity index (χ4v) is 1.91. The van der Waals surface area contributed by atoms with Gasteiger partial charge in [0, 0.05) is 6.42 Å². The fourth-order valence-electron chi connectivity index (χ4n) is 1.91. The zero-order valence-corrected chi connectivity index (χ0v) is 11.5. The fraction of sp³-hybridized carbons (Fsp3) is 0.312. The molecule has 2 nitrogen and oxygen atoms in total. The minimum Gasteiger partial charge on any atom is -0.496 e. The predicted octanol–water partition coefficient (Wildman–Crippen LogP) is 3.78. The molecule has 0 atom stereocenters. The molecule has 1 rings (SSSR count). The van der Waals surface area contributed by atoms with Crippen LogP contribution in [0.3, 0.4) is 0 Å². The summed E-state index contributed by atoms with van der Waals surface area (Å²) >= 11 is 0. The van der Waals surface area contributed by atoms with E-state index in [2.05, 4.69) is 20.4 Å². The monoisotopic (exact) mass is 244 g/mol. The normalized spacial score (nSPS) is 10.7. The molecule has 96 valence electrons. The maximum Gasteiger partial charge on any atom is 0.124 e. The first-order valence-electron chi connectivity index (χ1n) is 5.95. The van der Waals surface area contributed by atoms with Crippen molar-refractivity contribution in [2.45, 2.75) is 27.2 Å². The predicted molar refractivity (Wildman–Crippen MR) is 76.1 cm³/mol. The van der Waals surface area contributed by atoms with Gasteiger partial charge in [0.15, 0.2) is 0 Å². The first-order valence-corrected chi connectivity index (χ1v) is 5.95. The zero-order valence-electron chi connectivity index (χ0n) is 11.5. The molecule has 0 aliphatic rings. The van der Waals surface area contributed by atoms with E-state index in [1.807, 2.05) is 25.1 Å². The van der Waals surface area contributed by atoms with E-state index in [0.29, 0.717) is 6.42 Å². The Balaban J connectivity index is 3.14. The smallest absolute Gasteiger partial charge is 0.124 e. The van der Waals surface area contributed by atoms with E-state index < -0.39 is 0 Å². The molecular formula is C16H20O2. The number of hydrogen-bond acceptors (Lipinski definition) is 2. The van der Waals surface area contributed by atoms with Gasteiger partial charge < -0.3 is 9.53 Å². The lowest BCUT2D eigenvalue weighted by Crippen LogP contribution is -1.96. The highest BCUT2D eigenvalue weighted by atomic mass is 16.5. The average Bonchev–Trinajstić information content (AvgIpc) is 2.34. The lowest BCUT2D eigenvalue weighted by Gasteiger charge is -2.13. The lowest BCUT2D eigenvalue weighted by atomic mass is 9.96. The van der Waals surface area contributed by atoms with Crippen LogP contribution in [-0.4, -0.2) is 13.4 Å². The summed E-state index contributed by atoms with van der Waals surface area (Å²) in [6.07, 6.45) is 5.16. The Morgan fingerprint density at radius 2 is 2.00 bits per heavy atom. The molecule has 1 aromatic carbocycles. The quantitative estimate of drug-likeness (QED) is 0.582. The highest BCUT2D eigenvalue weighted by Gasteiger charge is 2.08. The lowest BCUT2D eigenvalue weighted by molar-refractivity contribution is -0.107. The summed E-state index contributed by atoms with van der Waals surface area (Å²) in [4.78, 5) is 10.4. The molecule has 1 aromatic rings. The number of allylic oxidation sites excluding steroid dienone is 2. The number of benzene rings is 1. The third-order valence-electron chi connectivity index (χ3n) is 3.16. The maximum absolute atomic E-state index is 10.4. The van der Waals surface area contributed by atoms with Gasteiger partial charge in [-0.05, 0) is 54.7 Å². The number of hydrogen-bond donors (Lipinski definition) is 0. The molecule has 0 aliphatic heterocycles. The SMILES string of the molecule is C=C(/C=C/c1c(C)cc(OC)c(C)c1C)CC=O. The Labute approximate surface area is 109 Å². The molecule has 0 aromatic heterocycles. The second kappa shape index (κ2) is 6.20. The standard InChI is InChI=1S/C16H20O2/c1-11(8-9-17)6-7-15-12(2)10-16(18-5)14(4)13(15)3/h6-7,9-10H,1,8H2,2-5H3/b7-6+. The van der Waals surface area contributed by atoms with Crippen LogP contribution in [0.4, 0.5) is 0 Å². The van der Waals surface area contributed by atoms with Gasteiger partial charge in [0.25, 0.3) is 0 Å². The van der Waals surface area contributed by atoms with Crippen LogP contribution in [0.1, 0.15) is 28.7 Å². The third kappa shape index (κ3) is 3.10. The van der Waals surface area contributed by atoms with Crippen molar-refractivity contribution in [2.24, 2.45) is 0 Å². The second-order valence-electron chi connectivity index (χ2n) is 4.42. The van der Waals surface area contributed by atoms with Crippen LogP contribution in [0.25, 0.3) is 6.08 Å². The summed E-state index contributed by atoms with van der Waals surface area (Å²) in [5, 5.41) is 0. The van der Waals surface area contributed by atoms with E-state index in [1.54, 1.807) is 7.11 Å². The van der Waals surface area contributed by atoms with Gasteiger partial charge in [-0.3, -0.25) is 0 Å². The minimum atomic E-state index is 0.379. The van der Waals surface area contributed by atoms with Crippen molar-refractivity contribution >= 4 is 12.4 Å². The van der Waals surface area contributed by atoms with Crippen molar-refractivity contribution < 1.29 is 9.53 Å². The number of ether oxygens (including phenoxy) is 1. The van der Waals surface area contributed by atoms with Crippen LogP contribution < -0.4 is 4.74 Å². The minimum absolute atomic E-state index is 0.379. The van der Waals surface area contributed by atoms with Crippen molar-refractivity contribution in [3.63, 3.8) is 0 Å². The molecule has 0 fully saturated rings. The van der Waals surface area contributed by atoms with E-state index in [9.17, 15) is 4.79 Å². The van der Waals surface area contributed by atoms with E-state index in [4.69, 9.17) is 4.74 Å². The molecule has 0 heterocycles. The molecule has 0 amide bonds. The van der Waals surface area contributed by atoms with E-state index in [-0.39, 0.29) is 0 Å². The van der Waals surface area contributed by atoms with Gasteiger partial charge in [-0.1, -0.05) is 18.7 Å². The molecule has 0 unspecified atom stereocenters. The topological polar surface area (TPSA) is 26.3 Å². The summed E-state index contributed by atoms with van der Waals surface area (Å²) in [5.41, 5.74) is 5.48. The van der Waals surface area contributed by atoms with Crippen LogP contribution in [0.2, 0.25) is 0 Å². The molecule has 18 heavy (non-hydrogen) atoms. The summed E-state index contributed by atoms with van der Waals surface area (Å²) in [6, 6.07) is 2.03. The molecule has 0 radical (unpaired) electrons. The third-order valence-corrected chi connectivity index (χ3v) is 3.16. The molecule has 2 heteroatoms. The molecule has 0 aliphatic carbocycles. The Bertz CT molecular complexity index is 496. The number of carbonyl (C=O) groups is 1. The number of aryl methyl sites for hydroxylation is 1. The van der Waals surface area contributed by atoms with Crippen molar-refractivity contribution in [1.82, 2.24) is 0 Å². The molecular weight excluding hydrogens is 224 g/mol. The summed E-state index contributed by atoms with van der Waals surface area (Å²) in [5.74, 6) is 0.911. The summed E-state index contributed by atoms with van der Waals surface area (Å²) in [7, 11) is 1.68. The highest BCUT2D eigenvalue weighted by Crippen LogP contribution is 2.28. The Morgan fingerprint density at radius 3 is 2.56 bits per heavy atom. The van der Waals surface area contributed by atoms with Crippen molar-refractivity contribution in [1.29, 1.82) is 0 Å². The number of aldehydes is 1. The van der Waals surface area contributed by atoms with Gasteiger partial charge in [0.1, 0.15) is 12.0 Å². The van der Waals surface area contributed by atoms with E-state index >= 15 is 0 Å². The van der Waals surface area contributed by atoms with Crippen LogP contribution in [0.15, 0.2) is 24.3 Å². The molecule has 0 spiro atoms. The zero-order chi connectivity index (χ0) is 13.7. The summed E-state index contributed by atoms with van der Waals surface area (Å²) < 4.78 is 5.34. The number of rotatable bonds is 5. The second-order valence-corrected chi connectivity index (χ2v) is 4.42. The van der Waals surface area contributed by atoms with E-state index in [0.717, 1.165) is 28.7 Å². The van der Waals surface area contributed by atoms with Crippen molar-refractivity contribution in [3.05, 3.63) is 46.5 Å². The Hall–Kier alpha value is -1.83. The van der Waals surface area contributed by atoms with E-state index in [1.165, 1.54) is 11.1 Å². The molecule has 0 saturated heterocycles. The van der Waals surface area contributed by atoms with Gasteiger partial charge in [0.05, 0.1) is 7.11 Å². The average molecular weight is 244 g/mol. The number of methoxy groups -OCH3 is 1. The van der Waals surface area contributed by atoms with Crippen LogP contribution >= 0.6 is 0 Å². The van der Waals surface area contributed by atoms with Gasteiger partial charge in [-0.25, -0.2) is 0 Å². The molecule has 0 N–H and O–H groups in total. The van der Waals surface area contributed by atoms with Crippen molar-refractivity contribution in [2.75, 3.05) is 7.11 Å². The van der Waals surface area contributed by atoms with Gasteiger partial charge in [-0.15, -0.1) is 0 Å². The number of carbonyl (C=O) groups excluding carboxylic acids is 1. The van der Waals surface area contributed by atoms with Crippen LogP contribution in [0, 0.1) is 20.8 Å². The Morgan fingerprint density at radius 1 is 1.33 bits per heavy atom. The molecule has 0 bridgehead atoms. The largest absolute Gasteiger partial charge is 0.496 e. The molecule has 0 saturated carbocycles. The first-order chi connectivity index (χ1) is 8.51. The van der Waals surface area contributed by atoms with Crippen molar-refractivity contribution in [3.8, 4) is 5.75 Å². The van der Waals surface area contributed by atoms with Crippen LogP contribution in [0.5, 0.6) is 5.75 Å². The maximum atomic E-state index is 10.4. The van der Waals surface area contributed by atoms with Gasteiger partial charge >= 0.3 is 0 Å². The van der Waals surface area contributed by atoms with Crippen LogP contribution in [-0.2, 0) is 4.79 Å². The summed E-state index contributed by atoms with van der Waals surface area (Å²) in [6.45, 7) is 10.0. The van der Waals surface area contributed by atoms with Gasteiger partial charge in [0.2, 0.25) is 0 Å². The van der Waals surface area contributed by atoms with Gasteiger partial charge in [-0.2, -0.15) is 0 Å². The first kappa shape index (κ1) is 14.2. The Kier molecular flexibility index (Phi) is 4.90.